The second kappa shape index (κ2) is 5.24. The molecule has 2 aromatic rings. The van der Waals surface area contributed by atoms with E-state index in [0.717, 1.165) is 0 Å². The normalized spacial score (nSPS) is 10.7. The molecule has 0 aliphatic rings. The maximum atomic E-state index is 13.6. The first-order valence-corrected chi connectivity index (χ1v) is 6.44. The Bertz CT molecular complexity index is 628. The summed E-state index contributed by atoms with van der Waals surface area (Å²) in [6.07, 6.45) is 3.32. The van der Waals surface area contributed by atoms with Gasteiger partial charge < -0.3 is 4.57 Å². The van der Waals surface area contributed by atoms with Crippen LogP contribution in [0.5, 0.6) is 0 Å². The lowest BCUT2D eigenvalue weighted by atomic mass is 10.2. The summed E-state index contributed by atoms with van der Waals surface area (Å²) in [5.41, 5.74) is 1.03. The summed E-state index contributed by atoms with van der Waals surface area (Å²) in [7, 11) is 0. The van der Waals surface area contributed by atoms with Crippen LogP contribution in [0.3, 0.4) is 0 Å². The van der Waals surface area contributed by atoms with Crippen LogP contribution >= 0.6 is 27.5 Å². The molecule has 94 valence electrons. The number of nitrogens with zero attached hydrogens (tertiary/aromatic N) is 1. The average Bonchev–Trinajstić information content (AvgIpc) is 2.31. The lowest BCUT2D eigenvalue weighted by Gasteiger charge is -2.09. The predicted octanol–water partition coefficient (Wildman–Crippen LogP) is 3.76. The Morgan fingerprint density at radius 1 is 1.39 bits per heavy atom. The van der Waals surface area contributed by atoms with Gasteiger partial charge in [-0.15, -0.1) is 0 Å². The minimum atomic E-state index is -0.313. The highest BCUT2D eigenvalue weighted by Gasteiger charge is 2.06. The second-order valence-electron chi connectivity index (χ2n) is 4.03. The molecule has 0 unspecified atom stereocenters. The molecule has 18 heavy (non-hydrogen) atoms. The molecule has 5 heteroatoms. The van der Waals surface area contributed by atoms with E-state index < -0.39 is 0 Å². The van der Waals surface area contributed by atoms with Crippen LogP contribution < -0.4 is 5.43 Å². The van der Waals surface area contributed by atoms with E-state index >= 15 is 0 Å². The molecule has 0 fully saturated rings. The lowest BCUT2D eigenvalue weighted by Crippen LogP contribution is -2.12. The Balaban J connectivity index is 2.40. The summed E-state index contributed by atoms with van der Waals surface area (Å²) < 4.78 is 15.8. The van der Waals surface area contributed by atoms with Crippen molar-refractivity contribution in [2.24, 2.45) is 0 Å². The Morgan fingerprint density at radius 2 is 2.11 bits per heavy atom. The SMILES string of the molecule is Cc1cn(Cc2cc(Cl)ccc2F)cc(Br)c1=O. The van der Waals surface area contributed by atoms with Crippen molar-refractivity contribution in [2.45, 2.75) is 13.5 Å². The number of benzene rings is 1. The fourth-order valence-corrected chi connectivity index (χ4v) is 2.46. The van der Waals surface area contributed by atoms with Gasteiger partial charge in [0.2, 0.25) is 0 Å². The minimum Gasteiger partial charge on any atom is -0.348 e. The molecule has 2 nitrogen and oxygen atoms in total. The van der Waals surface area contributed by atoms with Gasteiger partial charge >= 0.3 is 0 Å². The fraction of sp³-hybridized carbons (Fsp3) is 0.154. The monoisotopic (exact) mass is 329 g/mol. The van der Waals surface area contributed by atoms with Crippen molar-refractivity contribution in [1.82, 2.24) is 4.57 Å². The van der Waals surface area contributed by atoms with Gasteiger partial charge in [0.1, 0.15) is 5.82 Å². The molecule has 0 bridgehead atoms. The maximum Gasteiger partial charge on any atom is 0.198 e. The number of halogens is 3. The topological polar surface area (TPSA) is 22.0 Å². The lowest BCUT2D eigenvalue weighted by molar-refractivity contribution is 0.598. The molecule has 0 saturated carbocycles. The quantitative estimate of drug-likeness (QED) is 0.822. The van der Waals surface area contributed by atoms with Crippen LogP contribution in [0.4, 0.5) is 4.39 Å². The van der Waals surface area contributed by atoms with Crippen molar-refractivity contribution in [3.8, 4) is 0 Å². The van der Waals surface area contributed by atoms with Crippen LogP contribution in [0.2, 0.25) is 5.02 Å². The second-order valence-corrected chi connectivity index (χ2v) is 5.32. The third kappa shape index (κ3) is 2.82. The van der Waals surface area contributed by atoms with E-state index in [1.54, 1.807) is 30.0 Å². The Kier molecular flexibility index (Phi) is 3.88. The highest BCUT2D eigenvalue weighted by atomic mass is 79.9. The standard InChI is InChI=1S/C13H10BrClFNO/c1-8-5-17(7-11(14)13(8)18)6-9-4-10(15)2-3-12(9)16/h2-5,7H,6H2,1H3. The fourth-order valence-electron chi connectivity index (χ4n) is 1.69. The van der Waals surface area contributed by atoms with Crippen LogP contribution in [0.1, 0.15) is 11.1 Å². The Hall–Kier alpha value is -1.13. The first-order chi connectivity index (χ1) is 8.47. The van der Waals surface area contributed by atoms with E-state index in [2.05, 4.69) is 15.9 Å². The van der Waals surface area contributed by atoms with Crippen molar-refractivity contribution < 1.29 is 4.39 Å². The van der Waals surface area contributed by atoms with Crippen molar-refractivity contribution in [3.63, 3.8) is 0 Å². The molecule has 0 radical (unpaired) electrons. The van der Waals surface area contributed by atoms with Gasteiger partial charge in [0.05, 0.1) is 4.47 Å². The van der Waals surface area contributed by atoms with Crippen LogP contribution in [-0.2, 0) is 6.54 Å². The number of aryl methyl sites for hydroxylation is 1. The van der Waals surface area contributed by atoms with E-state index in [1.807, 2.05) is 0 Å². The molecule has 0 spiro atoms. The number of aromatic nitrogens is 1. The van der Waals surface area contributed by atoms with Crippen molar-refractivity contribution in [2.75, 3.05) is 0 Å². The summed E-state index contributed by atoms with van der Waals surface area (Å²) >= 11 is 9.03. The highest BCUT2D eigenvalue weighted by molar-refractivity contribution is 9.10. The number of pyridine rings is 1. The Labute approximate surface area is 117 Å². The summed E-state index contributed by atoms with van der Waals surface area (Å²) in [6.45, 7) is 2.05. The summed E-state index contributed by atoms with van der Waals surface area (Å²) in [4.78, 5) is 11.5. The molecular formula is C13H10BrClFNO. The van der Waals surface area contributed by atoms with Crippen molar-refractivity contribution in [1.29, 1.82) is 0 Å². The van der Waals surface area contributed by atoms with E-state index in [1.165, 1.54) is 12.1 Å². The maximum absolute atomic E-state index is 13.6. The van der Waals surface area contributed by atoms with Gasteiger partial charge in [0, 0.05) is 35.1 Å². The van der Waals surface area contributed by atoms with E-state index in [-0.39, 0.29) is 11.2 Å². The molecule has 1 heterocycles. The smallest absolute Gasteiger partial charge is 0.198 e. The summed E-state index contributed by atoms with van der Waals surface area (Å²) in [5, 5.41) is 0.489. The van der Waals surface area contributed by atoms with E-state index in [4.69, 9.17) is 11.6 Å². The number of hydrogen-bond donors (Lipinski definition) is 0. The molecule has 0 amide bonds. The molecular weight excluding hydrogens is 321 g/mol. The predicted molar refractivity (Wildman–Crippen MR) is 73.7 cm³/mol. The zero-order chi connectivity index (χ0) is 13.3. The third-order valence-corrected chi connectivity index (χ3v) is 3.37. The molecule has 1 aromatic carbocycles. The first-order valence-electron chi connectivity index (χ1n) is 5.27. The minimum absolute atomic E-state index is 0.0576. The molecule has 0 saturated heterocycles. The molecule has 0 atom stereocenters. The molecule has 2 rings (SSSR count). The van der Waals surface area contributed by atoms with Crippen LogP contribution in [0.25, 0.3) is 0 Å². The summed E-state index contributed by atoms with van der Waals surface area (Å²) in [5.74, 6) is -0.313. The van der Waals surface area contributed by atoms with Crippen LogP contribution in [0.15, 0.2) is 39.9 Å². The first kappa shape index (κ1) is 13.3. The van der Waals surface area contributed by atoms with Crippen molar-refractivity contribution in [3.05, 3.63) is 67.3 Å². The third-order valence-electron chi connectivity index (χ3n) is 2.57. The summed E-state index contributed by atoms with van der Waals surface area (Å²) in [6, 6.07) is 4.42. The molecule has 1 aromatic heterocycles. The van der Waals surface area contributed by atoms with Crippen LogP contribution in [0, 0.1) is 12.7 Å². The van der Waals surface area contributed by atoms with Gasteiger partial charge in [0.25, 0.3) is 0 Å². The van der Waals surface area contributed by atoms with Gasteiger partial charge in [-0.1, -0.05) is 11.6 Å². The van der Waals surface area contributed by atoms with E-state index in [9.17, 15) is 9.18 Å². The Morgan fingerprint density at radius 3 is 2.78 bits per heavy atom. The van der Waals surface area contributed by atoms with Gasteiger partial charge in [-0.05, 0) is 41.1 Å². The zero-order valence-electron chi connectivity index (χ0n) is 9.58. The number of rotatable bonds is 2. The number of hydrogen-bond acceptors (Lipinski definition) is 1. The van der Waals surface area contributed by atoms with Gasteiger partial charge in [-0.2, -0.15) is 0 Å². The average molecular weight is 331 g/mol. The largest absolute Gasteiger partial charge is 0.348 e. The van der Waals surface area contributed by atoms with Gasteiger partial charge in [-0.25, -0.2) is 4.39 Å². The van der Waals surface area contributed by atoms with Gasteiger partial charge in [-0.3, -0.25) is 4.79 Å². The zero-order valence-corrected chi connectivity index (χ0v) is 11.9. The molecule has 0 aliphatic heterocycles. The van der Waals surface area contributed by atoms with Gasteiger partial charge in [0.15, 0.2) is 5.43 Å². The van der Waals surface area contributed by atoms with Crippen molar-refractivity contribution >= 4 is 27.5 Å². The van der Waals surface area contributed by atoms with E-state index in [0.29, 0.717) is 27.2 Å². The van der Waals surface area contributed by atoms with Crippen LogP contribution in [-0.4, -0.2) is 4.57 Å². The highest BCUT2D eigenvalue weighted by Crippen LogP contribution is 2.16. The molecule has 0 N–H and O–H groups in total. The molecule has 0 aliphatic carbocycles.